The molecule has 0 radical (unpaired) electrons. The van der Waals surface area contributed by atoms with Crippen molar-refractivity contribution in [3.63, 3.8) is 0 Å². The number of nitrogens with zero attached hydrogens (tertiary/aromatic N) is 3. The molecule has 16 heavy (non-hydrogen) atoms. The minimum absolute atomic E-state index is 0.0195. The molecule has 0 unspecified atom stereocenters. The highest BCUT2D eigenvalue weighted by molar-refractivity contribution is 7.99. The lowest BCUT2D eigenvalue weighted by atomic mass is 10.3. The third-order valence-corrected chi connectivity index (χ3v) is 3.59. The van der Waals surface area contributed by atoms with Crippen molar-refractivity contribution < 1.29 is 4.79 Å². The normalized spacial score (nSPS) is 17.1. The van der Waals surface area contributed by atoms with Crippen LogP contribution in [0.25, 0.3) is 0 Å². The second kappa shape index (κ2) is 7.53. The van der Waals surface area contributed by atoms with E-state index in [4.69, 9.17) is 5.26 Å². The first-order valence-electron chi connectivity index (χ1n) is 5.72. The van der Waals surface area contributed by atoms with Crippen molar-refractivity contribution in [2.45, 2.75) is 13.3 Å². The summed E-state index contributed by atoms with van der Waals surface area (Å²) in [6.07, 6.45) is 0.0195. The van der Waals surface area contributed by atoms with Crippen molar-refractivity contribution in [2.75, 3.05) is 44.2 Å². The summed E-state index contributed by atoms with van der Waals surface area (Å²) in [4.78, 5) is 15.6. The molecule has 0 aromatic carbocycles. The van der Waals surface area contributed by atoms with Gasteiger partial charge in [-0.05, 0) is 5.75 Å². The van der Waals surface area contributed by atoms with Crippen LogP contribution in [0.3, 0.4) is 0 Å². The van der Waals surface area contributed by atoms with Crippen LogP contribution in [0.4, 0.5) is 0 Å². The molecule has 1 heterocycles. The largest absolute Gasteiger partial charge is 0.339 e. The predicted octanol–water partition coefficient (Wildman–Crippen LogP) is 0.797. The lowest BCUT2D eigenvalue weighted by Gasteiger charge is -2.34. The first-order valence-corrected chi connectivity index (χ1v) is 6.88. The van der Waals surface area contributed by atoms with Gasteiger partial charge < -0.3 is 4.90 Å². The van der Waals surface area contributed by atoms with E-state index >= 15 is 0 Å². The molecule has 0 aromatic rings. The van der Waals surface area contributed by atoms with Gasteiger partial charge in [0.05, 0.1) is 6.07 Å². The molecule has 0 N–H and O–H groups in total. The lowest BCUT2D eigenvalue weighted by Crippen LogP contribution is -2.49. The second-order valence-electron chi connectivity index (χ2n) is 3.75. The minimum Gasteiger partial charge on any atom is -0.339 e. The molecule has 90 valence electrons. The zero-order valence-corrected chi connectivity index (χ0v) is 10.6. The maximum absolute atomic E-state index is 11.4. The molecular weight excluding hydrogens is 222 g/mol. The number of nitriles is 1. The van der Waals surface area contributed by atoms with Gasteiger partial charge in [-0.3, -0.25) is 9.69 Å². The molecule has 1 rings (SSSR count). The molecule has 0 saturated carbocycles. The lowest BCUT2D eigenvalue weighted by molar-refractivity contribution is -0.131. The molecule has 1 amide bonds. The summed E-state index contributed by atoms with van der Waals surface area (Å²) in [5, 5.41) is 8.45. The van der Waals surface area contributed by atoms with E-state index in [9.17, 15) is 4.79 Å². The van der Waals surface area contributed by atoms with Gasteiger partial charge in [-0.15, -0.1) is 0 Å². The van der Waals surface area contributed by atoms with Crippen LogP contribution in [-0.4, -0.2) is 59.9 Å². The van der Waals surface area contributed by atoms with Gasteiger partial charge in [-0.1, -0.05) is 6.92 Å². The third kappa shape index (κ3) is 4.42. The molecule has 1 aliphatic rings. The van der Waals surface area contributed by atoms with Crippen molar-refractivity contribution in [2.24, 2.45) is 0 Å². The Morgan fingerprint density at radius 1 is 1.38 bits per heavy atom. The van der Waals surface area contributed by atoms with Crippen molar-refractivity contribution in [1.29, 1.82) is 5.26 Å². The fourth-order valence-corrected chi connectivity index (χ4v) is 2.41. The molecular formula is C11H19N3OS. The molecule has 0 bridgehead atoms. The number of rotatable bonds is 5. The van der Waals surface area contributed by atoms with E-state index in [-0.39, 0.29) is 12.3 Å². The fourth-order valence-electron chi connectivity index (χ4n) is 1.74. The van der Waals surface area contributed by atoms with E-state index < -0.39 is 0 Å². The van der Waals surface area contributed by atoms with Crippen LogP contribution in [-0.2, 0) is 4.79 Å². The van der Waals surface area contributed by atoms with Crippen LogP contribution in [0.2, 0.25) is 0 Å². The maximum Gasteiger partial charge on any atom is 0.236 e. The van der Waals surface area contributed by atoms with E-state index in [0.717, 1.165) is 32.7 Å². The first kappa shape index (κ1) is 13.3. The number of thioether (sulfide) groups is 1. The molecule has 0 aromatic heterocycles. The Morgan fingerprint density at radius 3 is 2.62 bits per heavy atom. The number of hydrogen-bond donors (Lipinski definition) is 0. The van der Waals surface area contributed by atoms with Gasteiger partial charge in [-0.2, -0.15) is 17.0 Å². The maximum atomic E-state index is 11.4. The number of carbonyl (C=O) groups excluding carboxylic acids is 1. The van der Waals surface area contributed by atoms with Crippen LogP contribution in [0, 0.1) is 11.3 Å². The molecule has 0 atom stereocenters. The monoisotopic (exact) mass is 241 g/mol. The van der Waals surface area contributed by atoms with Crippen molar-refractivity contribution >= 4 is 17.7 Å². The summed E-state index contributed by atoms with van der Waals surface area (Å²) in [6.45, 7) is 6.72. The Kier molecular flexibility index (Phi) is 6.27. The Labute approximate surface area is 102 Å². The van der Waals surface area contributed by atoms with Crippen LogP contribution >= 0.6 is 11.8 Å². The van der Waals surface area contributed by atoms with Crippen LogP contribution in [0.1, 0.15) is 13.3 Å². The smallest absolute Gasteiger partial charge is 0.236 e. The van der Waals surface area contributed by atoms with Crippen LogP contribution < -0.4 is 0 Å². The number of piperazine rings is 1. The molecule has 1 aliphatic heterocycles. The molecule has 1 saturated heterocycles. The third-order valence-electron chi connectivity index (χ3n) is 2.71. The number of amides is 1. The summed E-state index contributed by atoms with van der Waals surface area (Å²) >= 11 is 1.95. The average Bonchev–Trinajstić information content (AvgIpc) is 2.30. The minimum atomic E-state index is -0.0231. The Morgan fingerprint density at radius 2 is 2.06 bits per heavy atom. The quantitative estimate of drug-likeness (QED) is 0.668. The van der Waals surface area contributed by atoms with Gasteiger partial charge in [-0.25, -0.2) is 0 Å². The van der Waals surface area contributed by atoms with Crippen molar-refractivity contribution in [3.05, 3.63) is 0 Å². The molecule has 0 aliphatic carbocycles. The first-order chi connectivity index (χ1) is 7.77. The van der Waals surface area contributed by atoms with Crippen LogP contribution in [0.5, 0.6) is 0 Å². The zero-order chi connectivity index (χ0) is 11.8. The summed E-state index contributed by atoms with van der Waals surface area (Å²) in [6, 6.07) is 1.91. The SMILES string of the molecule is CCSCCN1CCN(C(=O)CC#N)CC1. The van der Waals surface area contributed by atoms with Crippen molar-refractivity contribution in [1.82, 2.24) is 9.80 Å². The molecule has 5 heteroatoms. The Balaban J connectivity index is 2.18. The highest BCUT2D eigenvalue weighted by atomic mass is 32.2. The molecule has 0 spiro atoms. The van der Waals surface area contributed by atoms with E-state index in [2.05, 4.69) is 11.8 Å². The summed E-state index contributed by atoms with van der Waals surface area (Å²) in [5.74, 6) is 2.31. The number of hydrogen-bond acceptors (Lipinski definition) is 4. The summed E-state index contributed by atoms with van der Waals surface area (Å²) in [5.41, 5.74) is 0. The van der Waals surface area contributed by atoms with E-state index in [1.54, 1.807) is 4.90 Å². The number of carbonyl (C=O) groups is 1. The predicted molar refractivity (Wildman–Crippen MR) is 66.2 cm³/mol. The van der Waals surface area contributed by atoms with Crippen LogP contribution in [0.15, 0.2) is 0 Å². The van der Waals surface area contributed by atoms with Gasteiger partial charge in [0.15, 0.2) is 0 Å². The standard InChI is InChI=1S/C11H19N3OS/c1-2-16-10-9-13-5-7-14(8-6-13)11(15)3-4-12/h2-3,5-10H2,1H3. The Bertz CT molecular complexity index is 256. The van der Waals surface area contributed by atoms with Gasteiger partial charge >= 0.3 is 0 Å². The van der Waals surface area contributed by atoms with Gasteiger partial charge in [0.25, 0.3) is 0 Å². The van der Waals surface area contributed by atoms with E-state index in [1.807, 2.05) is 17.8 Å². The molecule has 4 nitrogen and oxygen atoms in total. The van der Waals surface area contributed by atoms with Gasteiger partial charge in [0.2, 0.25) is 5.91 Å². The fraction of sp³-hybridized carbons (Fsp3) is 0.818. The highest BCUT2D eigenvalue weighted by Crippen LogP contribution is 2.05. The average molecular weight is 241 g/mol. The summed E-state index contributed by atoms with van der Waals surface area (Å²) in [7, 11) is 0. The molecule has 1 fully saturated rings. The van der Waals surface area contributed by atoms with E-state index in [0.29, 0.717) is 0 Å². The van der Waals surface area contributed by atoms with E-state index in [1.165, 1.54) is 11.5 Å². The summed E-state index contributed by atoms with van der Waals surface area (Å²) < 4.78 is 0. The Hall–Kier alpha value is -0.730. The van der Waals surface area contributed by atoms with Gasteiger partial charge in [0.1, 0.15) is 6.42 Å². The second-order valence-corrected chi connectivity index (χ2v) is 5.15. The van der Waals surface area contributed by atoms with Gasteiger partial charge in [0, 0.05) is 38.5 Å². The topological polar surface area (TPSA) is 47.3 Å². The van der Waals surface area contributed by atoms with Crippen molar-refractivity contribution in [3.8, 4) is 6.07 Å². The zero-order valence-electron chi connectivity index (χ0n) is 9.81. The highest BCUT2D eigenvalue weighted by Gasteiger charge is 2.19.